The molecule has 0 spiro atoms. The minimum Gasteiger partial charge on any atom is -0.477 e. The number of rotatable bonds is 23. The van der Waals surface area contributed by atoms with Crippen molar-refractivity contribution in [2.24, 2.45) is 11.8 Å². The fraction of sp³-hybridized carbons (Fsp3) is 0.719. The second kappa shape index (κ2) is 21.1. The maximum absolute atomic E-state index is 5.77. The van der Waals surface area contributed by atoms with Crippen molar-refractivity contribution in [3.05, 3.63) is 30.7 Å². The van der Waals surface area contributed by atoms with Crippen molar-refractivity contribution in [3.63, 3.8) is 0 Å². The number of unbranched alkanes of at least 4 members (excludes halogenated alkanes) is 4. The van der Waals surface area contributed by atoms with Crippen LogP contribution in [0.15, 0.2) is 30.7 Å². The second-order valence-electron chi connectivity index (χ2n) is 10.9. The van der Waals surface area contributed by atoms with Crippen molar-refractivity contribution in [3.8, 4) is 17.3 Å². The fourth-order valence-electron chi connectivity index (χ4n) is 4.62. The maximum Gasteiger partial charge on any atom is 0.232 e. The lowest BCUT2D eigenvalue weighted by atomic mass is 9.93. The first-order chi connectivity index (χ1) is 18.6. The van der Waals surface area contributed by atoms with E-state index in [9.17, 15) is 0 Å². The summed E-state index contributed by atoms with van der Waals surface area (Å²) in [5.41, 5.74) is 1.78. The highest BCUT2D eigenvalue weighted by atomic mass is 28.2. The summed E-state index contributed by atoms with van der Waals surface area (Å²) < 4.78 is 11.4. The third-order valence-corrected chi connectivity index (χ3v) is 8.53. The molecule has 2 aromatic rings. The maximum atomic E-state index is 5.77. The lowest BCUT2D eigenvalue weighted by Gasteiger charge is -2.14. The van der Waals surface area contributed by atoms with Crippen LogP contribution in [0.25, 0.3) is 11.4 Å². The Balaban J connectivity index is 1.66. The monoisotopic (exact) mass is 539 g/mol. The lowest BCUT2D eigenvalue weighted by molar-refractivity contribution is 0.123. The number of ether oxygens (including phenoxy) is 2. The van der Waals surface area contributed by atoms with Crippen LogP contribution in [0.1, 0.15) is 111 Å². The fourth-order valence-corrected chi connectivity index (χ4v) is 5.84. The van der Waals surface area contributed by atoms with Gasteiger partial charge in [0.25, 0.3) is 0 Å². The summed E-state index contributed by atoms with van der Waals surface area (Å²) >= 11 is 0. The van der Waals surface area contributed by atoms with E-state index in [1.165, 1.54) is 75.4 Å². The van der Waals surface area contributed by atoms with Gasteiger partial charge in [-0.25, -0.2) is 9.97 Å². The number of aromatic nitrogens is 3. The van der Waals surface area contributed by atoms with Gasteiger partial charge in [-0.2, -0.15) is 0 Å². The molecule has 0 aliphatic rings. The molecule has 0 bridgehead atoms. The predicted octanol–water partition coefficient (Wildman–Crippen LogP) is 8.07. The van der Waals surface area contributed by atoms with Crippen LogP contribution in [0.3, 0.4) is 0 Å². The van der Waals surface area contributed by atoms with Gasteiger partial charge in [0.15, 0.2) is 0 Å². The molecule has 2 heterocycles. The Hall–Kier alpha value is -1.79. The first kappa shape index (κ1) is 32.4. The van der Waals surface area contributed by atoms with Crippen molar-refractivity contribution < 1.29 is 9.47 Å². The van der Waals surface area contributed by atoms with Gasteiger partial charge in [-0.3, -0.25) is 4.98 Å². The number of hydrogen-bond acceptors (Lipinski definition) is 5. The number of nitrogens with zero attached hydrogens (tertiary/aromatic N) is 3. The summed E-state index contributed by atoms with van der Waals surface area (Å²) in [6.07, 6.45) is 21.9. The summed E-state index contributed by atoms with van der Waals surface area (Å²) in [7, 11) is 0.750. The zero-order chi connectivity index (χ0) is 27.3. The minimum atomic E-state index is 0.574. The van der Waals surface area contributed by atoms with Gasteiger partial charge < -0.3 is 9.47 Å². The second-order valence-corrected chi connectivity index (χ2v) is 12.3. The van der Waals surface area contributed by atoms with E-state index < -0.39 is 0 Å². The van der Waals surface area contributed by atoms with Crippen LogP contribution < -0.4 is 9.92 Å². The molecule has 0 amide bonds. The SMILES string of the molecule is CCCCCC(C)CCCC(C)CCC[Si]c1cccnc1-c1cnc(OCCCCOCCCC)cn1. The average Bonchev–Trinajstić information content (AvgIpc) is 2.93. The van der Waals surface area contributed by atoms with E-state index >= 15 is 0 Å². The molecular formula is C32H53N3O2Si. The van der Waals surface area contributed by atoms with Gasteiger partial charge in [0.2, 0.25) is 5.88 Å². The van der Waals surface area contributed by atoms with Gasteiger partial charge >= 0.3 is 0 Å². The first-order valence-electron chi connectivity index (χ1n) is 15.4. The standard InChI is InChI=1S/C32H53N3O2Si/c1-5-7-9-15-27(3)16-12-17-28(4)18-14-24-38-30-19-13-20-33-32(30)29-25-35-31(26-34-29)37-23-11-10-22-36-21-8-6-2/h13,19-20,25-28H,5-12,14-18,21-24H2,1-4H3. The van der Waals surface area contributed by atoms with E-state index in [4.69, 9.17) is 9.47 Å². The Morgan fingerprint density at radius 2 is 1.45 bits per heavy atom. The van der Waals surface area contributed by atoms with Crippen LogP contribution in [0.4, 0.5) is 0 Å². The highest BCUT2D eigenvalue weighted by Crippen LogP contribution is 2.21. The molecule has 6 heteroatoms. The summed E-state index contributed by atoms with van der Waals surface area (Å²) in [6.45, 7) is 11.6. The van der Waals surface area contributed by atoms with Gasteiger partial charge in [0, 0.05) is 19.4 Å². The quantitative estimate of drug-likeness (QED) is 0.106. The zero-order valence-electron chi connectivity index (χ0n) is 24.7. The Kier molecular flexibility index (Phi) is 18.0. The molecule has 0 saturated heterocycles. The molecule has 0 saturated carbocycles. The van der Waals surface area contributed by atoms with E-state index in [-0.39, 0.29) is 0 Å². The Morgan fingerprint density at radius 3 is 2.18 bits per heavy atom. The average molecular weight is 540 g/mol. The molecule has 0 N–H and O–H groups in total. The smallest absolute Gasteiger partial charge is 0.232 e. The summed E-state index contributed by atoms with van der Waals surface area (Å²) in [6, 6.07) is 5.44. The largest absolute Gasteiger partial charge is 0.477 e. The predicted molar refractivity (Wildman–Crippen MR) is 161 cm³/mol. The van der Waals surface area contributed by atoms with Gasteiger partial charge in [-0.05, 0) is 42.4 Å². The topological polar surface area (TPSA) is 57.1 Å². The molecule has 2 unspecified atom stereocenters. The van der Waals surface area contributed by atoms with Crippen LogP contribution in [0.2, 0.25) is 6.04 Å². The minimum absolute atomic E-state index is 0.574. The van der Waals surface area contributed by atoms with Gasteiger partial charge in [0.1, 0.15) is 5.69 Å². The van der Waals surface area contributed by atoms with E-state index in [0.717, 1.165) is 65.2 Å². The van der Waals surface area contributed by atoms with Gasteiger partial charge in [-0.1, -0.05) is 104 Å². The summed E-state index contributed by atoms with van der Waals surface area (Å²) in [4.78, 5) is 13.7. The molecule has 0 aliphatic heterocycles. The van der Waals surface area contributed by atoms with Crippen LogP contribution >= 0.6 is 0 Å². The van der Waals surface area contributed by atoms with Crippen LogP contribution in [-0.4, -0.2) is 44.3 Å². The lowest BCUT2D eigenvalue weighted by Crippen LogP contribution is -2.18. The van der Waals surface area contributed by atoms with Crippen molar-refractivity contribution in [1.82, 2.24) is 15.0 Å². The molecule has 2 rings (SSSR count). The molecule has 2 atom stereocenters. The molecule has 0 aromatic carbocycles. The van der Waals surface area contributed by atoms with Crippen LogP contribution in [0.5, 0.6) is 5.88 Å². The highest BCUT2D eigenvalue weighted by molar-refractivity contribution is 6.55. The molecule has 38 heavy (non-hydrogen) atoms. The van der Waals surface area contributed by atoms with Crippen LogP contribution in [0, 0.1) is 11.8 Å². The molecule has 2 aromatic heterocycles. The van der Waals surface area contributed by atoms with E-state index in [1.54, 1.807) is 12.4 Å². The Labute approximate surface area is 235 Å². The molecular weight excluding hydrogens is 486 g/mol. The third kappa shape index (κ3) is 14.4. The number of hydrogen-bond donors (Lipinski definition) is 0. The highest BCUT2D eigenvalue weighted by Gasteiger charge is 2.11. The molecule has 2 radical (unpaired) electrons. The molecule has 0 aliphatic carbocycles. The van der Waals surface area contributed by atoms with Crippen molar-refractivity contribution in [2.45, 2.75) is 117 Å². The third-order valence-electron chi connectivity index (χ3n) is 7.14. The van der Waals surface area contributed by atoms with Gasteiger partial charge in [0.05, 0.1) is 34.2 Å². The molecule has 5 nitrogen and oxygen atoms in total. The normalized spacial score (nSPS) is 12.9. The van der Waals surface area contributed by atoms with E-state index in [1.807, 2.05) is 12.3 Å². The number of pyridine rings is 1. The summed E-state index contributed by atoms with van der Waals surface area (Å²) in [5.74, 6) is 2.29. The zero-order valence-corrected chi connectivity index (χ0v) is 25.7. The van der Waals surface area contributed by atoms with Crippen molar-refractivity contribution in [1.29, 1.82) is 0 Å². The summed E-state index contributed by atoms with van der Waals surface area (Å²) in [5, 5.41) is 1.28. The molecule has 212 valence electrons. The Morgan fingerprint density at radius 1 is 0.737 bits per heavy atom. The first-order valence-corrected chi connectivity index (χ1v) is 16.6. The van der Waals surface area contributed by atoms with Crippen LogP contribution in [-0.2, 0) is 4.74 Å². The van der Waals surface area contributed by atoms with E-state index in [0.29, 0.717) is 12.5 Å². The molecule has 0 fully saturated rings. The van der Waals surface area contributed by atoms with Crippen molar-refractivity contribution >= 4 is 14.7 Å². The Bertz CT molecular complexity index is 834. The van der Waals surface area contributed by atoms with E-state index in [2.05, 4.69) is 48.7 Å². The van der Waals surface area contributed by atoms with Gasteiger partial charge in [-0.15, -0.1) is 0 Å². The van der Waals surface area contributed by atoms with Crippen molar-refractivity contribution in [2.75, 3.05) is 19.8 Å².